The number of carbonyl (C=O) groups is 1. The molecule has 0 aliphatic carbocycles. The van der Waals surface area contributed by atoms with Crippen LogP contribution in [-0.2, 0) is 13.0 Å². The molecule has 2 heterocycles. The summed E-state index contributed by atoms with van der Waals surface area (Å²) in [5, 5.41) is 3.13. The van der Waals surface area contributed by atoms with Crippen LogP contribution >= 0.6 is 0 Å². The number of aromatic nitrogens is 2. The summed E-state index contributed by atoms with van der Waals surface area (Å²) in [5.74, 6) is 1.65. The Kier molecular flexibility index (Phi) is 5.15. The van der Waals surface area contributed by atoms with Crippen LogP contribution in [0.2, 0.25) is 0 Å². The molecule has 1 aliphatic rings. The van der Waals surface area contributed by atoms with Gasteiger partial charge < -0.3 is 19.5 Å². The number of para-hydroxylation sites is 1. The highest BCUT2D eigenvalue weighted by Gasteiger charge is 2.22. The third-order valence-corrected chi connectivity index (χ3v) is 4.20. The van der Waals surface area contributed by atoms with Gasteiger partial charge in [-0.25, -0.2) is 4.98 Å². The van der Waals surface area contributed by atoms with Gasteiger partial charge in [-0.2, -0.15) is 0 Å². The Balaban J connectivity index is 1.63. The van der Waals surface area contributed by atoms with Crippen LogP contribution in [-0.4, -0.2) is 53.6 Å². The third-order valence-electron chi connectivity index (χ3n) is 4.20. The number of benzene rings is 1. The van der Waals surface area contributed by atoms with E-state index in [1.54, 1.807) is 0 Å². The first kappa shape index (κ1) is 16.5. The van der Waals surface area contributed by atoms with Gasteiger partial charge in [0.05, 0.1) is 5.56 Å². The molecule has 2 aromatic rings. The summed E-state index contributed by atoms with van der Waals surface area (Å²) in [7, 11) is 3.99. The van der Waals surface area contributed by atoms with E-state index in [0.29, 0.717) is 17.9 Å². The molecular formula is C18H24N4O2. The summed E-state index contributed by atoms with van der Waals surface area (Å²) < 4.78 is 7.89. The summed E-state index contributed by atoms with van der Waals surface area (Å²) in [6.07, 6.45) is 5.57. The fourth-order valence-electron chi connectivity index (χ4n) is 2.87. The van der Waals surface area contributed by atoms with Crippen molar-refractivity contribution in [2.24, 2.45) is 0 Å². The normalized spacial score (nSPS) is 16.7. The molecule has 0 saturated heterocycles. The van der Waals surface area contributed by atoms with E-state index < -0.39 is 0 Å². The van der Waals surface area contributed by atoms with Crippen molar-refractivity contribution in [2.45, 2.75) is 25.4 Å². The highest BCUT2D eigenvalue weighted by atomic mass is 16.5. The number of carbonyl (C=O) groups excluding carboxylic acids is 1. The molecule has 6 heteroatoms. The Bertz CT molecular complexity index is 696. The lowest BCUT2D eigenvalue weighted by Gasteiger charge is -2.25. The molecular weight excluding hydrogens is 304 g/mol. The maximum atomic E-state index is 12.7. The molecule has 6 nitrogen and oxygen atoms in total. The molecule has 1 aromatic heterocycles. The second kappa shape index (κ2) is 7.49. The number of likely N-dealkylation sites (N-methyl/N-ethyl adjacent to an activating group) is 1. The van der Waals surface area contributed by atoms with Gasteiger partial charge in [0.25, 0.3) is 5.91 Å². The van der Waals surface area contributed by atoms with Gasteiger partial charge in [-0.1, -0.05) is 12.1 Å². The first-order chi connectivity index (χ1) is 11.6. The van der Waals surface area contributed by atoms with Crippen molar-refractivity contribution >= 4 is 5.91 Å². The van der Waals surface area contributed by atoms with Crippen LogP contribution < -0.4 is 10.1 Å². The Morgan fingerprint density at radius 1 is 1.42 bits per heavy atom. The van der Waals surface area contributed by atoms with Crippen molar-refractivity contribution in [3.05, 3.63) is 48.0 Å². The zero-order valence-electron chi connectivity index (χ0n) is 14.2. The number of fused-ring (bicyclic) bond motifs is 1. The average Bonchev–Trinajstić information content (AvgIpc) is 3.02. The molecule has 128 valence electrons. The number of nitrogens with one attached hydrogen (secondary N) is 1. The van der Waals surface area contributed by atoms with E-state index in [9.17, 15) is 4.79 Å². The standard InChI is InChI=1S/C18H24N4O2/c1-21(2)11-12-24-16-6-4-3-5-15(16)18(23)20-14-7-8-17-19-9-10-22(17)13-14/h3-6,9-10,14H,7-8,11-13H2,1-2H3,(H,20,23)/t14-/m0/s1. The first-order valence-corrected chi connectivity index (χ1v) is 8.31. The first-order valence-electron chi connectivity index (χ1n) is 8.31. The molecule has 0 saturated carbocycles. The van der Waals surface area contributed by atoms with Crippen molar-refractivity contribution < 1.29 is 9.53 Å². The number of nitrogens with zero attached hydrogens (tertiary/aromatic N) is 3. The average molecular weight is 328 g/mol. The lowest BCUT2D eigenvalue weighted by molar-refractivity contribution is 0.0923. The molecule has 1 amide bonds. The van der Waals surface area contributed by atoms with Gasteiger partial charge in [0, 0.05) is 37.9 Å². The van der Waals surface area contributed by atoms with E-state index in [2.05, 4.69) is 14.9 Å². The fraction of sp³-hybridized carbons (Fsp3) is 0.444. The second-order valence-corrected chi connectivity index (χ2v) is 6.35. The molecule has 24 heavy (non-hydrogen) atoms. The van der Waals surface area contributed by atoms with Gasteiger partial charge in [-0.15, -0.1) is 0 Å². The highest BCUT2D eigenvalue weighted by Crippen LogP contribution is 2.19. The predicted octanol–water partition coefficient (Wildman–Crippen LogP) is 1.57. The second-order valence-electron chi connectivity index (χ2n) is 6.35. The van der Waals surface area contributed by atoms with Crippen LogP contribution in [0.4, 0.5) is 0 Å². The summed E-state index contributed by atoms with van der Waals surface area (Å²) in [5.41, 5.74) is 0.590. The molecule has 0 spiro atoms. The number of hydrogen-bond donors (Lipinski definition) is 1. The summed E-state index contributed by atoms with van der Waals surface area (Å²) >= 11 is 0. The smallest absolute Gasteiger partial charge is 0.255 e. The number of aryl methyl sites for hydroxylation is 1. The maximum absolute atomic E-state index is 12.7. The Hall–Kier alpha value is -2.34. The topological polar surface area (TPSA) is 59.4 Å². The van der Waals surface area contributed by atoms with E-state index in [-0.39, 0.29) is 11.9 Å². The van der Waals surface area contributed by atoms with E-state index in [1.807, 2.05) is 55.7 Å². The van der Waals surface area contributed by atoms with Gasteiger partial charge in [0.2, 0.25) is 0 Å². The largest absolute Gasteiger partial charge is 0.491 e. The van der Waals surface area contributed by atoms with Crippen LogP contribution in [0.25, 0.3) is 0 Å². The molecule has 0 bridgehead atoms. The number of amides is 1. The number of imidazole rings is 1. The zero-order valence-corrected chi connectivity index (χ0v) is 14.2. The van der Waals surface area contributed by atoms with Crippen LogP contribution in [0.5, 0.6) is 5.75 Å². The van der Waals surface area contributed by atoms with Crippen LogP contribution in [0.1, 0.15) is 22.6 Å². The molecule has 3 rings (SSSR count). The molecule has 0 fully saturated rings. The minimum atomic E-state index is -0.0796. The van der Waals surface area contributed by atoms with Gasteiger partial charge >= 0.3 is 0 Å². The van der Waals surface area contributed by atoms with E-state index in [1.165, 1.54) is 0 Å². The van der Waals surface area contributed by atoms with Crippen molar-refractivity contribution in [2.75, 3.05) is 27.2 Å². The number of ether oxygens (including phenoxy) is 1. The van der Waals surface area contributed by atoms with Crippen LogP contribution in [0, 0.1) is 0 Å². The fourth-order valence-corrected chi connectivity index (χ4v) is 2.87. The number of rotatable bonds is 6. The van der Waals surface area contributed by atoms with Crippen molar-refractivity contribution in [1.82, 2.24) is 19.8 Å². The molecule has 1 atom stereocenters. The minimum absolute atomic E-state index is 0.0796. The van der Waals surface area contributed by atoms with Crippen molar-refractivity contribution in [1.29, 1.82) is 0 Å². The number of hydrogen-bond acceptors (Lipinski definition) is 4. The van der Waals surface area contributed by atoms with Gasteiger partial charge in [0.1, 0.15) is 18.2 Å². The quantitative estimate of drug-likeness (QED) is 0.874. The lowest BCUT2D eigenvalue weighted by atomic mass is 10.1. The predicted molar refractivity (Wildman–Crippen MR) is 92.3 cm³/mol. The van der Waals surface area contributed by atoms with Gasteiger partial charge in [-0.3, -0.25) is 4.79 Å². The van der Waals surface area contributed by atoms with Gasteiger partial charge in [0.15, 0.2) is 0 Å². The Morgan fingerprint density at radius 2 is 2.25 bits per heavy atom. The Labute approximate surface area is 142 Å². The Morgan fingerprint density at radius 3 is 3.08 bits per heavy atom. The summed E-state index contributed by atoms with van der Waals surface area (Å²) in [6, 6.07) is 7.53. The lowest BCUT2D eigenvalue weighted by Crippen LogP contribution is -2.41. The van der Waals surface area contributed by atoms with Crippen molar-refractivity contribution in [3.8, 4) is 5.75 Å². The molecule has 1 aliphatic heterocycles. The molecule has 0 unspecified atom stereocenters. The van der Waals surface area contributed by atoms with Crippen molar-refractivity contribution in [3.63, 3.8) is 0 Å². The van der Waals surface area contributed by atoms with E-state index in [4.69, 9.17) is 4.74 Å². The summed E-state index contributed by atoms with van der Waals surface area (Å²) in [4.78, 5) is 19.0. The monoisotopic (exact) mass is 328 g/mol. The van der Waals surface area contributed by atoms with E-state index >= 15 is 0 Å². The maximum Gasteiger partial charge on any atom is 0.255 e. The molecule has 0 radical (unpaired) electrons. The summed E-state index contributed by atoms with van der Waals surface area (Å²) in [6.45, 7) is 2.13. The zero-order chi connectivity index (χ0) is 16.9. The minimum Gasteiger partial charge on any atom is -0.491 e. The molecule has 1 aromatic carbocycles. The third kappa shape index (κ3) is 3.94. The van der Waals surface area contributed by atoms with Crippen LogP contribution in [0.15, 0.2) is 36.7 Å². The highest BCUT2D eigenvalue weighted by molar-refractivity contribution is 5.97. The van der Waals surface area contributed by atoms with Crippen LogP contribution in [0.3, 0.4) is 0 Å². The molecule has 1 N–H and O–H groups in total. The van der Waals surface area contributed by atoms with Gasteiger partial charge in [-0.05, 0) is 32.6 Å². The SMILES string of the molecule is CN(C)CCOc1ccccc1C(=O)N[C@H]1CCc2nccn2C1. The van der Waals surface area contributed by atoms with E-state index in [0.717, 1.165) is 31.8 Å².